The molecule has 5 nitrogen and oxygen atoms in total. The largest absolute Gasteiger partial charge is 0.457 e. The van der Waals surface area contributed by atoms with Crippen molar-refractivity contribution in [1.82, 2.24) is 10.3 Å². The highest BCUT2D eigenvalue weighted by Gasteiger charge is 2.18. The second-order valence-corrected chi connectivity index (χ2v) is 4.33. The van der Waals surface area contributed by atoms with Crippen LogP contribution >= 0.6 is 15.9 Å². The third kappa shape index (κ3) is 2.58. The van der Waals surface area contributed by atoms with Crippen LogP contribution in [0.1, 0.15) is 35.0 Å². The summed E-state index contributed by atoms with van der Waals surface area (Å²) in [7, 11) is 0. The van der Waals surface area contributed by atoms with Crippen molar-refractivity contribution >= 4 is 21.8 Å². The zero-order valence-electron chi connectivity index (χ0n) is 9.36. The number of aryl methyl sites for hydroxylation is 1. The van der Waals surface area contributed by atoms with E-state index in [0.717, 1.165) is 0 Å². The Morgan fingerprint density at radius 2 is 2.35 bits per heavy atom. The van der Waals surface area contributed by atoms with E-state index >= 15 is 0 Å². The van der Waals surface area contributed by atoms with Crippen LogP contribution in [0.5, 0.6) is 0 Å². The minimum absolute atomic E-state index is 0.242. The predicted octanol–water partition coefficient (Wildman–Crippen LogP) is 2.83. The number of hydrogen-bond acceptors (Lipinski definition) is 4. The van der Waals surface area contributed by atoms with Crippen molar-refractivity contribution in [3.8, 4) is 0 Å². The first-order valence-corrected chi connectivity index (χ1v) is 5.83. The molecule has 6 heteroatoms. The Balaban J connectivity index is 2.07. The van der Waals surface area contributed by atoms with Crippen LogP contribution in [0, 0.1) is 6.92 Å². The molecule has 0 aliphatic rings. The van der Waals surface area contributed by atoms with Crippen molar-refractivity contribution < 1.29 is 13.6 Å². The van der Waals surface area contributed by atoms with Crippen molar-refractivity contribution in [2.45, 2.75) is 19.9 Å². The molecule has 2 rings (SSSR count). The Morgan fingerprint density at radius 3 is 2.88 bits per heavy atom. The monoisotopic (exact) mass is 298 g/mol. The van der Waals surface area contributed by atoms with Gasteiger partial charge in [0, 0.05) is 0 Å². The average molecular weight is 299 g/mol. The molecular weight excluding hydrogens is 288 g/mol. The Bertz CT molecular complexity index is 532. The van der Waals surface area contributed by atoms with E-state index in [1.54, 1.807) is 26.1 Å². The number of rotatable bonds is 3. The van der Waals surface area contributed by atoms with Gasteiger partial charge in [-0.15, -0.1) is 0 Å². The summed E-state index contributed by atoms with van der Waals surface area (Å²) >= 11 is 3.15. The highest BCUT2D eigenvalue weighted by molar-refractivity contribution is 9.10. The number of carbonyl (C=O) groups excluding carboxylic acids is 1. The van der Waals surface area contributed by atoms with E-state index in [1.807, 2.05) is 0 Å². The van der Waals surface area contributed by atoms with Gasteiger partial charge in [-0.1, -0.05) is 0 Å². The lowest BCUT2D eigenvalue weighted by Crippen LogP contribution is -2.26. The van der Waals surface area contributed by atoms with Gasteiger partial charge in [-0.05, 0) is 35.8 Å². The molecule has 0 bridgehead atoms. The highest BCUT2D eigenvalue weighted by Crippen LogP contribution is 2.19. The topological polar surface area (TPSA) is 68.3 Å². The van der Waals surface area contributed by atoms with Crippen LogP contribution in [0.25, 0.3) is 0 Å². The Hall–Kier alpha value is -1.56. The third-order valence-electron chi connectivity index (χ3n) is 2.22. The van der Waals surface area contributed by atoms with Gasteiger partial charge < -0.3 is 14.2 Å². The van der Waals surface area contributed by atoms with Crippen LogP contribution in [0.15, 0.2) is 32.0 Å². The Morgan fingerprint density at radius 1 is 1.59 bits per heavy atom. The van der Waals surface area contributed by atoms with Crippen LogP contribution in [0.2, 0.25) is 0 Å². The number of nitrogens with zero attached hydrogens (tertiary/aromatic N) is 1. The highest BCUT2D eigenvalue weighted by atomic mass is 79.9. The summed E-state index contributed by atoms with van der Waals surface area (Å²) < 4.78 is 10.7. The molecule has 1 amide bonds. The van der Waals surface area contributed by atoms with Gasteiger partial charge >= 0.3 is 0 Å². The molecule has 0 aliphatic carbocycles. The number of carbonyl (C=O) groups is 1. The molecule has 0 radical (unpaired) electrons. The fourth-order valence-corrected chi connectivity index (χ4v) is 1.78. The van der Waals surface area contributed by atoms with Gasteiger partial charge in [0.2, 0.25) is 5.89 Å². The molecule has 1 atom stereocenters. The van der Waals surface area contributed by atoms with Gasteiger partial charge in [0.25, 0.3) is 5.91 Å². The molecule has 17 heavy (non-hydrogen) atoms. The first-order chi connectivity index (χ1) is 8.08. The van der Waals surface area contributed by atoms with E-state index in [-0.39, 0.29) is 11.9 Å². The molecule has 0 saturated carbocycles. The second kappa shape index (κ2) is 4.75. The molecule has 1 N–H and O–H groups in total. The van der Waals surface area contributed by atoms with Crippen molar-refractivity contribution in [2.75, 3.05) is 0 Å². The number of amides is 1. The Labute approximate surface area is 106 Å². The van der Waals surface area contributed by atoms with Gasteiger partial charge in [-0.25, -0.2) is 4.98 Å². The Kier molecular flexibility index (Phi) is 3.33. The van der Waals surface area contributed by atoms with Gasteiger partial charge in [0.1, 0.15) is 11.8 Å². The fraction of sp³-hybridized carbons (Fsp3) is 0.273. The summed E-state index contributed by atoms with van der Waals surface area (Å²) in [6.07, 6.45) is 3.06. The molecule has 0 saturated heterocycles. The third-order valence-corrected chi connectivity index (χ3v) is 2.83. The first kappa shape index (κ1) is 11.9. The van der Waals surface area contributed by atoms with E-state index in [2.05, 4.69) is 26.2 Å². The molecule has 0 aliphatic heterocycles. The minimum Gasteiger partial charge on any atom is -0.457 e. The van der Waals surface area contributed by atoms with E-state index in [1.165, 1.54) is 6.26 Å². The standard InChI is InChI=1S/C11H11BrN2O3/c1-6-5-13-11(17-6)7(2)14-10(15)8-3-4-16-9(8)12/h3-5,7H,1-2H3,(H,14,15). The lowest BCUT2D eigenvalue weighted by atomic mass is 10.2. The number of nitrogens with one attached hydrogen (secondary N) is 1. The van der Waals surface area contributed by atoms with Crippen LogP contribution in [-0.4, -0.2) is 10.9 Å². The summed E-state index contributed by atoms with van der Waals surface area (Å²) in [6, 6.07) is 1.30. The summed E-state index contributed by atoms with van der Waals surface area (Å²) in [5.74, 6) is 0.954. The molecule has 0 aromatic carbocycles. The maximum Gasteiger partial charge on any atom is 0.256 e. The lowest BCUT2D eigenvalue weighted by molar-refractivity contribution is 0.0932. The lowest BCUT2D eigenvalue weighted by Gasteiger charge is -2.09. The molecular formula is C11H11BrN2O3. The average Bonchev–Trinajstić information content (AvgIpc) is 2.86. The van der Waals surface area contributed by atoms with Gasteiger partial charge in [0.15, 0.2) is 4.67 Å². The van der Waals surface area contributed by atoms with E-state index < -0.39 is 0 Å². The van der Waals surface area contributed by atoms with E-state index in [9.17, 15) is 4.79 Å². The fourth-order valence-electron chi connectivity index (χ4n) is 1.36. The van der Waals surface area contributed by atoms with Crippen LogP contribution in [0.4, 0.5) is 0 Å². The van der Waals surface area contributed by atoms with E-state index in [0.29, 0.717) is 21.9 Å². The first-order valence-electron chi connectivity index (χ1n) is 5.04. The zero-order chi connectivity index (χ0) is 12.4. The number of aromatic nitrogens is 1. The molecule has 1 unspecified atom stereocenters. The summed E-state index contributed by atoms with van der Waals surface area (Å²) in [4.78, 5) is 15.9. The minimum atomic E-state index is -0.294. The normalized spacial score (nSPS) is 12.4. The zero-order valence-corrected chi connectivity index (χ0v) is 10.9. The SMILES string of the molecule is Cc1cnc(C(C)NC(=O)c2ccoc2Br)o1. The van der Waals surface area contributed by atoms with Crippen LogP contribution < -0.4 is 5.32 Å². The molecule has 0 spiro atoms. The maximum absolute atomic E-state index is 11.8. The number of furan rings is 1. The van der Waals surface area contributed by atoms with E-state index in [4.69, 9.17) is 8.83 Å². The maximum atomic E-state index is 11.8. The quantitative estimate of drug-likeness (QED) is 0.946. The molecule has 0 fully saturated rings. The summed E-state index contributed by atoms with van der Waals surface area (Å²) in [5, 5.41) is 2.77. The van der Waals surface area contributed by atoms with Crippen LogP contribution in [-0.2, 0) is 0 Å². The van der Waals surface area contributed by atoms with Crippen molar-refractivity contribution in [2.24, 2.45) is 0 Å². The molecule has 2 aromatic rings. The van der Waals surface area contributed by atoms with Gasteiger partial charge in [-0.2, -0.15) is 0 Å². The predicted molar refractivity (Wildman–Crippen MR) is 63.5 cm³/mol. The number of halogens is 1. The molecule has 2 heterocycles. The number of hydrogen-bond donors (Lipinski definition) is 1. The smallest absolute Gasteiger partial charge is 0.256 e. The van der Waals surface area contributed by atoms with Gasteiger partial charge in [0.05, 0.1) is 18.0 Å². The van der Waals surface area contributed by atoms with Gasteiger partial charge in [-0.3, -0.25) is 4.79 Å². The van der Waals surface area contributed by atoms with Crippen LogP contribution in [0.3, 0.4) is 0 Å². The number of oxazole rings is 1. The summed E-state index contributed by atoms with van der Waals surface area (Å²) in [6.45, 7) is 3.61. The van der Waals surface area contributed by atoms with Crippen molar-refractivity contribution in [3.63, 3.8) is 0 Å². The van der Waals surface area contributed by atoms with Crippen molar-refractivity contribution in [3.05, 3.63) is 40.4 Å². The second-order valence-electron chi connectivity index (χ2n) is 3.61. The molecule has 2 aromatic heterocycles. The van der Waals surface area contributed by atoms with Crippen molar-refractivity contribution in [1.29, 1.82) is 0 Å². The molecule has 90 valence electrons. The summed E-state index contributed by atoms with van der Waals surface area (Å²) in [5.41, 5.74) is 0.445.